The number of para-hydroxylation sites is 1. The van der Waals surface area contributed by atoms with Crippen LogP contribution >= 0.6 is 0 Å². The molecule has 0 radical (unpaired) electrons. The molecule has 2 aliphatic heterocycles. The average Bonchev–Trinajstić information content (AvgIpc) is 3.48. The van der Waals surface area contributed by atoms with Gasteiger partial charge in [-0.25, -0.2) is 9.59 Å². The zero-order chi connectivity index (χ0) is 34.0. The van der Waals surface area contributed by atoms with Crippen LogP contribution in [0.5, 0.6) is 0 Å². The van der Waals surface area contributed by atoms with Gasteiger partial charge in [0.15, 0.2) is 6.10 Å². The molecule has 5 atom stereocenters. The van der Waals surface area contributed by atoms with Gasteiger partial charge in [0.1, 0.15) is 6.04 Å². The third kappa shape index (κ3) is 8.92. The van der Waals surface area contributed by atoms with Crippen LogP contribution in [-0.4, -0.2) is 83.9 Å². The van der Waals surface area contributed by atoms with Crippen molar-refractivity contribution in [1.29, 1.82) is 0 Å². The molecule has 0 aromatic heterocycles. The number of hydrogen-bond acceptors (Lipinski definition) is 6. The minimum absolute atomic E-state index is 0.0379. The molecule has 0 aliphatic carbocycles. The Balaban J connectivity index is 1.34. The topological polar surface area (TPSA) is 140 Å². The number of urea groups is 1. The van der Waals surface area contributed by atoms with Crippen molar-refractivity contribution in [1.82, 2.24) is 20.9 Å². The lowest BCUT2D eigenvalue weighted by atomic mass is 9.92. The molecule has 5 amide bonds. The second-order valence-electron chi connectivity index (χ2n) is 12.8. The fourth-order valence-electron chi connectivity index (χ4n) is 6.40. The van der Waals surface area contributed by atoms with Crippen molar-refractivity contribution in [3.05, 3.63) is 102 Å². The highest BCUT2D eigenvalue weighted by Gasteiger charge is 2.39. The maximum Gasteiger partial charge on any atom is 0.415 e. The summed E-state index contributed by atoms with van der Waals surface area (Å²) in [6, 6.07) is 25.9. The Kier molecular flexibility index (Phi) is 11.7. The van der Waals surface area contributed by atoms with Crippen LogP contribution in [0.2, 0.25) is 0 Å². The number of nitrogens with one attached hydrogen (secondary N) is 3. The molecule has 0 spiro atoms. The maximum atomic E-state index is 13.9. The van der Waals surface area contributed by atoms with E-state index in [2.05, 4.69) is 16.0 Å². The van der Waals surface area contributed by atoms with E-state index in [-0.39, 0.29) is 30.8 Å². The van der Waals surface area contributed by atoms with Crippen LogP contribution in [0.3, 0.4) is 0 Å². The average molecular weight is 656 g/mol. The minimum Gasteiger partial charge on any atom is -0.434 e. The molecule has 254 valence electrons. The minimum atomic E-state index is -1.08. The fraction of sp³-hybridized carbons (Fsp3) is 0.405. The summed E-state index contributed by atoms with van der Waals surface area (Å²) in [7, 11) is 0. The molecular formula is C37H45N5O6. The Bertz CT molecular complexity index is 1520. The van der Waals surface area contributed by atoms with Crippen molar-refractivity contribution in [2.24, 2.45) is 5.92 Å². The van der Waals surface area contributed by atoms with Crippen molar-refractivity contribution in [2.45, 2.75) is 69.9 Å². The standard InChI is InChI=1S/C37H45N5O6/c1-25(2)33(41-20-12-19-38-36(41)46)35(45)39-28(21-26-13-6-3-7-14-26)23-31(43)30(22-27-15-8-4-9-16-27)40-34(44)32-24-42(37(47)48-32)29-17-10-5-11-18-29/h3-11,13-18,25,28,30-33,43H,12,19-24H2,1-2H3,(H,38,46)(H,39,45)(H,40,44)/t28?,30?,31-,32?,33-/m0/s1. The van der Waals surface area contributed by atoms with E-state index in [0.717, 1.165) is 17.5 Å². The van der Waals surface area contributed by atoms with E-state index in [9.17, 15) is 24.3 Å². The molecule has 2 heterocycles. The third-order valence-corrected chi connectivity index (χ3v) is 8.81. The summed E-state index contributed by atoms with van der Waals surface area (Å²) in [6.07, 6.45) is -1.16. The van der Waals surface area contributed by atoms with Gasteiger partial charge in [0, 0.05) is 24.8 Å². The first-order chi connectivity index (χ1) is 23.2. The van der Waals surface area contributed by atoms with Gasteiger partial charge in [-0.3, -0.25) is 14.5 Å². The monoisotopic (exact) mass is 655 g/mol. The number of carbonyl (C=O) groups excluding carboxylic acids is 4. The molecule has 3 aromatic rings. The summed E-state index contributed by atoms with van der Waals surface area (Å²) in [6.45, 7) is 4.91. The predicted octanol–water partition coefficient (Wildman–Crippen LogP) is 3.66. The number of anilines is 1. The summed E-state index contributed by atoms with van der Waals surface area (Å²) in [5.74, 6) is -0.954. The fourth-order valence-corrected chi connectivity index (χ4v) is 6.40. The first-order valence-corrected chi connectivity index (χ1v) is 16.6. The molecule has 48 heavy (non-hydrogen) atoms. The van der Waals surface area contributed by atoms with Crippen LogP contribution in [0.15, 0.2) is 91.0 Å². The Morgan fingerprint density at radius 3 is 2.10 bits per heavy atom. The van der Waals surface area contributed by atoms with Crippen molar-refractivity contribution < 1.29 is 29.0 Å². The van der Waals surface area contributed by atoms with Crippen molar-refractivity contribution >= 4 is 29.6 Å². The zero-order valence-corrected chi connectivity index (χ0v) is 27.5. The summed E-state index contributed by atoms with van der Waals surface area (Å²) in [4.78, 5) is 55.8. The summed E-state index contributed by atoms with van der Waals surface area (Å²) >= 11 is 0. The number of cyclic esters (lactones) is 1. The van der Waals surface area contributed by atoms with E-state index in [1.807, 2.05) is 80.6 Å². The van der Waals surface area contributed by atoms with E-state index >= 15 is 0 Å². The molecule has 2 aliphatic rings. The Morgan fingerprint density at radius 1 is 0.896 bits per heavy atom. The van der Waals surface area contributed by atoms with Gasteiger partial charge in [-0.05, 0) is 54.9 Å². The number of hydrogen-bond donors (Lipinski definition) is 4. The van der Waals surface area contributed by atoms with Gasteiger partial charge in [0.05, 0.1) is 18.7 Å². The molecule has 4 N–H and O–H groups in total. The van der Waals surface area contributed by atoms with Crippen molar-refractivity contribution in [3.8, 4) is 0 Å². The van der Waals surface area contributed by atoms with Crippen LogP contribution in [0.4, 0.5) is 15.3 Å². The van der Waals surface area contributed by atoms with Gasteiger partial charge in [0.25, 0.3) is 5.91 Å². The van der Waals surface area contributed by atoms with E-state index in [4.69, 9.17) is 4.74 Å². The Morgan fingerprint density at radius 2 is 1.50 bits per heavy atom. The lowest BCUT2D eigenvalue weighted by Crippen LogP contribution is -2.59. The number of aliphatic hydroxyl groups excluding tert-OH is 1. The molecule has 3 aromatic carbocycles. The Hall–Kier alpha value is -4.90. The van der Waals surface area contributed by atoms with Gasteiger partial charge >= 0.3 is 12.1 Å². The molecule has 11 heteroatoms. The number of rotatable bonds is 14. The predicted molar refractivity (Wildman–Crippen MR) is 182 cm³/mol. The summed E-state index contributed by atoms with van der Waals surface area (Å²) < 4.78 is 5.45. The molecule has 5 rings (SSSR count). The van der Waals surface area contributed by atoms with Gasteiger partial charge in [-0.15, -0.1) is 0 Å². The second kappa shape index (κ2) is 16.3. The number of benzene rings is 3. The van der Waals surface area contributed by atoms with Gasteiger partial charge in [-0.2, -0.15) is 0 Å². The largest absolute Gasteiger partial charge is 0.434 e. The Labute approximate surface area is 281 Å². The summed E-state index contributed by atoms with van der Waals surface area (Å²) in [5, 5.41) is 20.7. The quantitative estimate of drug-likeness (QED) is 0.209. The van der Waals surface area contributed by atoms with Crippen LogP contribution in [0, 0.1) is 5.92 Å². The van der Waals surface area contributed by atoms with Crippen LogP contribution in [0.25, 0.3) is 0 Å². The van der Waals surface area contributed by atoms with Gasteiger partial charge in [-0.1, -0.05) is 92.7 Å². The highest BCUT2D eigenvalue weighted by Crippen LogP contribution is 2.22. The second-order valence-corrected chi connectivity index (χ2v) is 12.8. The molecule has 2 saturated heterocycles. The molecule has 3 unspecified atom stereocenters. The van der Waals surface area contributed by atoms with Gasteiger partial charge in [0.2, 0.25) is 5.91 Å². The van der Waals surface area contributed by atoms with E-state index < -0.39 is 42.3 Å². The van der Waals surface area contributed by atoms with E-state index in [0.29, 0.717) is 31.6 Å². The smallest absolute Gasteiger partial charge is 0.415 e. The van der Waals surface area contributed by atoms with Crippen LogP contribution < -0.4 is 20.9 Å². The number of nitrogens with zero attached hydrogens (tertiary/aromatic N) is 2. The molecule has 2 fully saturated rings. The number of aliphatic hydroxyl groups is 1. The van der Waals surface area contributed by atoms with Crippen LogP contribution in [0.1, 0.15) is 37.8 Å². The van der Waals surface area contributed by atoms with E-state index in [1.54, 1.807) is 29.2 Å². The number of ether oxygens (including phenoxy) is 1. The first kappa shape index (κ1) is 34.4. The highest BCUT2D eigenvalue weighted by molar-refractivity contribution is 5.95. The zero-order valence-electron chi connectivity index (χ0n) is 27.5. The molecule has 11 nitrogen and oxygen atoms in total. The number of carbonyl (C=O) groups is 4. The lowest BCUT2D eigenvalue weighted by molar-refractivity contribution is -0.130. The maximum absolute atomic E-state index is 13.9. The SMILES string of the molecule is CC(C)[C@@H](C(=O)NC(Cc1ccccc1)C[C@H](O)C(Cc1ccccc1)NC(=O)C1CN(c2ccccc2)C(=O)O1)N1CCCNC1=O. The van der Waals surface area contributed by atoms with Gasteiger partial charge < -0.3 is 30.7 Å². The van der Waals surface area contributed by atoms with Crippen molar-refractivity contribution in [3.63, 3.8) is 0 Å². The normalized spacial score (nSPS) is 18.8. The highest BCUT2D eigenvalue weighted by atomic mass is 16.6. The first-order valence-electron chi connectivity index (χ1n) is 16.6. The summed E-state index contributed by atoms with van der Waals surface area (Å²) in [5.41, 5.74) is 2.49. The number of amides is 5. The molecule has 0 bridgehead atoms. The van der Waals surface area contributed by atoms with Crippen LogP contribution in [-0.2, 0) is 27.2 Å². The van der Waals surface area contributed by atoms with E-state index in [1.165, 1.54) is 4.90 Å². The lowest BCUT2D eigenvalue weighted by Gasteiger charge is -2.37. The molecular weight excluding hydrogens is 610 g/mol. The third-order valence-electron chi connectivity index (χ3n) is 8.81. The molecule has 0 saturated carbocycles. The van der Waals surface area contributed by atoms with Crippen molar-refractivity contribution in [2.75, 3.05) is 24.5 Å².